The van der Waals surface area contributed by atoms with Gasteiger partial charge in [-0.25, -0.2) is 0 Å². The maximum atomic E-state index is 11.0. The highest BCUT2D eigenvalue weighted by Gasteiger charge is 2.07. The van der Waals surface area contributed by atoms with Gasteiger partial charge in [0.2, 0.25) is 5.91 Å². The number of carbonyl (C=O) groups is 1. The molecule has 2 aromatic rings. The van der Waals surface area contributed by atoms with E-state index in [-0.39, 0.29) is 5.91 Å². The Kier molecular flexibility index (Phi) is 20.2. The zero-order valence-electron chi connectivity index (χ0n) is 27.1. The van der Waals surface area contributed by atoms with E-state index in [0.717, 1.165) is 29.3 Å². The van der Waals surface area contributed by atoms with Crippen LogP contribution in [0.15, 0.2) is 42.5 Å². The summed E-state index contributed by atoms with van der Waals surface area (Å²) in [6.07, 6.45) is 9.31. The average Bonchev–Trinajstić information content (AvgIpc) is 2.91. The Bertz CT molecular complexity index is 905. The van der Waals surface area contributed by atoms with Crippen LogP contribution in [0.3, 0.4) is 0 Å². The Morgan fingerprint density at radius 1 is 0.872 bits per heavy atom. The van der Waals surface area contributed by atoms with Crippen LogP contribution < -0.4 is 10.6 Å². The van der Waals surface area contributed by atoms with Crippen molar-refractivity contribution in [3.05, 3.63) is 59.2 Å². The van der Waals surface area contributed by atoms with Crippen LogP contribution in [0.5, 0.6) is 0 Å². The smallest absolute Gasteiger partial charge is 0.223 e. The second-order valence-corrected chi connectivity index (χ2v) is 11.2. The molecule has 0 aliphatic rings. The van der Waals surface area contributed by atoms with E-state index in [1.807, 2.05) is 37.3 Å². The maximum Gasteiger partial charge on any atom is 0.223 e. The summed E-state index contributed by atoms with van der Waals surface area (Å²) >= 11 is 0. The first-order valence-corrected chi connectivity index (χ1v) is 15.4. The molecule has 2 aromatic carbocycles. The van der Waals surface area contributed by atoms with Gasteiger partial charge in [0.05, 0.1) is 0 Å². The van der Waals surface area contributed by atoms with Crippen molar-refractivity contribution in [2.24, 2.45) is 5.92 Å². The summed E-state index contributed by atoms with van der Waals surface area (Å²) in [7, 11) is 1.78. The van der Waals surface area contributed by atoms with E-state index in [0.29, 0.717) is 5.92 Å². The molecule has 0 aliphatic carbocycles. The number of benzene rings is 2. The molecular formula is C35H61N3O. The van der Waals surface area contributed by atoms with Crippen molar-refractivity contribution < 1.29 is 4.79 Å². The minimum absolute atomic E-state index is 0.0595. The van der Waals surface area contributed by atoms with Crippen molar-refractivity contribution in [1.29, 1.82) is 0 Å². The molecule has 0 spiro atoms. The number of anilines is 2. The highest BCUT2D eigenvalue weighted by atomic mass is 16.2. The first-order valence-electron chi connectivity index (χ1n) is 15.4. The molecule has 2 atom stereocenters. The summed E-state index contributed by atoms with van der Waals surface area (Å²) in [5.41, 5.74) is 11.4. The molecule has 0 radical (unpaired) electrons. The van der Waals surface area contributed by atoms with Gasteiger partial charge >= 0.3 is 0 Å². The molecule has 0 saturated carbocycles. The Morgan fingerprint density at radius 2 is 1.49 bits per heavy atom. The zero-order valence-corrected chi connectivity index (χ0v) is 27.1. The number of para-hydroxylation sites is 1. The lowest BCUT2D eigenvalue weighted by atomic mass is 9.96. The summed E-state index contributed by atoms with van der Waals surface area (Å²) in [5.74, 6) is 1.56. The van der Waals surface area contributed by atoms with Gasteiger partial charge in [-0.2, -0.15) is 0 Å². The Hall–Kier alpha value is -2.33. The van der Waals surface area contributed by atoms with Gasteiger partial charge in [-0.15, -0.1) is 0 Å². The Balaban J connectivity index is 0.000000559. The van der Waals surface area contributed by atoms with E-state index in [9.17, 15) is 4.79 Å². The fourth-order valence-corrected chi connectivity index (χ4v) is 4.47. The highest BCUT2D eigenvalue weighted by Crippen LogP contribution is 2.25. The SMILES string of the molecule is CC(=O)N(C)c1ccccc1C.CCC(C)c1ccc(C)cc1N.CCCN(CCC)CCCCC(C)CC. The molecule has 4 heteroatoms. The summed E-state index contributed by atoms with van der Waals surface area (Å²) in [6, 6.07) is 14.1. The summed E-state index contributed by atoms with van der Waals surface area (Å²) < 4.78 is 0. The number of hydrogen-bond donors (Lipinski definition) is 1. The first-order chi connectivity index (χ1) is 18.5. The molecule has 1 amide bonds. The zero-order chi connectivity index (χ0) is 29.8. The van der Waals surface area contributed by atoms with E-state index < -0.39 is 0 Å². The monoisotopic (exact) mass is 539 g/mol. The number of nitrogens with zero attached hydrogens (tertiary/aromatic N) is 2. The second kappa shape index (κ2) is 21.5. The molecule has 4 nitrogen and oxygen atoms in total. The predicted octanol–water partition coefficient (Wildman–Crippen LogP) is 9.39. The third-order valence-electron chi connectivity index (χ3n) is 7.53. The molecule has 0 heterocycles. The largest absolute Gasteiger partial charge is 0.398 e. The molecule has 0 bridgehead atoms. The second-order valence-electron chi connectivity index (χ2n) is 11.2. The number of hydrogen-bond acceptors (Lipinski definition) is 3. The number of nitrogen functional groups attached to an aromatic ring is 1. The van der Waals surface area contributed by atoms with Gasteiger partial charge in [-0.05, 0) is 99.8 Å². The first kappa shape index (κ1) is 36.7. The van der Waals surface area contributed by atoms with Gasteiger partial charge in [-0.1, -0.05) is 91.1 Å². The molecule has 39 heavy (non-hydrogen) atoms. The molecule has 0 aromatic heterocycles. The van der Waals surface area contributed by atoms with Gasteiger partial charge in [0.15, 0.2) is 0 Å². The highest BCUT2D eigenvalue weighted by molar-refractivity contribution is 5.91. The van der Waals surface area contributed by atoms with E-state index >= 15 is 0 Å². The van der Waals surface area contributed by atoms with Crippen LogP contribution in [0.1, 0.15) is 116 Å². The molecule has 0 saturated heterocycles. The Morgan fingerprint density at radius 3 is 1.97 bits per heavy atom. The number of amides is 1. The van der Waals surface area contributed by atoms with Gasteiger partial charge < -0.3 is 15.5 Å². The number of carbonyl (C=O) groups excluding carboxylic acids is 1. The van der Waals surface area contributed by atoms with Crippen LogP contribution in [-0.4, -0.2) is 37.5 Å². The molecule has 0 fully saturated rings. The van der Waals surface area contributed by atoms with Gasteiger partial charge in [0.25, 0.3) is 0 Å². The standard InChI is InChI=1S/C14H31N.C11H17N.C10H13NO/c1-5-11-15(12-6-2)13-9-8-10-14(4)7-3;1-4-9(3)10-6-5-8(2)7-11(10)12;1-8-6-4-5-7-10(8)11(3)9(2)12/h14H,5-13H2,1-4H3;5-7,9H,4,12H2,1-3H3;4-7H,1-3H3. The van der Waals surface area contributed by atoms with Gasteiger partial charge in [-0.3, -0.25) is 4.79 Å². The lowest BCUT2D eigenvalue weighted by Crippen LogP contribution is -2.26. The minimum Gasteiger partial charge on any atom is -0.398 e. The van der Waals surface area contributed by atoms with Gasteiger partial charge in [0.1, 0.15) is 0 Å². The summed E-state index contributed by atoms with van der Waals surface area (Å²) in [5, 5.41) is 0. The van der Waals surface area contributed by atoms with Crippen LogP contribution in [0.2, 0.25) is 0 Å². The fraction of sp³-hybridized carbons (Fsp3) is 0.629. The molecule has 222 valence electrons. The molecule has 2 rings (SSSR count). The van der Waals surface area contributed by atoms with Crippen molar-refractivity contribution in [1.82, 2.24) is 4.90 Å². The lowest BCUT2D eigenvalue weighted by Gasteiger charge is -2.21. The average molecular weight is 540 g/mol. The van der Waals surface area contributed by atoms with E-state index in [1.165, 1.54) is 69.3 Å². The topological polar surface area (TPSA) is 49.6 Å². The number of unbranched alkanes of at least 4 members (excludes halogenated alkanes) is 1. The lowest BCUT2D eigenvalue weighted by molar-refractivity contribution is -0.116. The predicted molar refractivity (Wildman–Crippen MR) is 175 cm³/mol. The third kappa shape index (κ3) is 15.8. The van der Waals surface area contributed by atoms with Crippen molar-refractivity contribution >= 4 is 17.3 Å². The van der Waals surface area contributed by atoms with E-state index in [1.54, 1.807) is 18.9 Å². The van der Waals surface area contributed by atoms with Crippen molar-refractivity contribution in [2.75, 3.05) is 37.3 Å². The maximum absolute atomic E-state index is 11.0. The van der Waals surface area contributed by atoms with Crippen LogP contribution in [0.4, 0.5) is 11.4 Å². The molecule has 2 unspecified atom stereocenters. The quantitative estimate of drug-likeness (QED) is 0.204. The van der Waals surface area contributed by atoms with Crippen molar-refractivity contribution in [2.45, 2.75) is 113 Å². The van der Waals surface area contributed by atoms with Crippen LogP contribution in [0, 0.1) is 19.8 Å². The van der Waals surface area contributed by atoms with Crippen LogP contribution >= 0.6 is 0 Å². The van der Waals surface area contributed by atoms with E-state index in [2.05, 4.69) is 65.5 Å². The molecule has 2 N–H and O–H groups in total. The number of rotatable bonds is 13. The Labute approximate surface area is 242 Å². The van der Waals surface area contributed by atoms with Gasteiger partial charge in [0, 0.05) is 25.3 Å². The normalized spacial score (nSPS) is 12.1. The molecular weight excluding hydrogens is 478 g/mol. The molecule has 0 aliphatic heterocycles. The number of aryl methyl sites for hydroxylation is 2. The van der Waals surface area contributed by atoms with Crippen LogP contribution in [-0.2, 0) is 4.79 Å². The fourth-order valence-electron chi connectivity index (χ4n) is 4.47. The third-order valence-corrected chi connectivity index (χ3v) is 7.53. The summed E-state index contributed by atoms with van der Waals surface area (Å²) in [6.45, 7) is 23.1. The van der Waals surface area contributed by atoms with Crippen molar-refractivity contribution in [3.63, 3.8) is 0 Å². The van der Waals surface area contributed by atoms with Crippen molar-refractivity contribution in [3.8, 4) is 0 Å². The summed E-state index contributed by atoms with van der Waals surface area (Å²) in [4.78, 5) is 15.3. The van der Waals surface area contributed by atoms with Crippen LogP contribution in [0.25, 0.3) is 0 Å². The van der Waals surface area contributed by atoms with E-state index in [4.69, 9.17) is 5.73 Å². The minimum atomic E-state index is 0.0595. The number of nitrogens with two attached hydrogens (primary N) is 1.